The number of hydrogen-bond acceptors (Lipinski definition) is 6. The summed E-state index contributed by atoms with van der Waals surface area (Å²) >= 11 is 1.72. The summed E-state index contributed by atoms with van der Waals surface area (Å²) in [5.74, 6) is 0.875. The molecule has 0 bridgehead atoms. The van der Waals surface area contributed by atoms with Crippen molar-refractivity contribution < 1.29 is 23.1 Å². The minimum Gasteiger partial charge on any atom is -0.507 e. The first-order valence-electron chi connectivity index (χ1n) is 10.0. The molecule has 2 saturated heterocycles. The largest absolute Gasteiger partial charge is 0.507 e. The van der Waals surface area contributed by atoms with Gasteiger partial charge in [-0.25, -0.2) is 8.42 Å². The van der Waals surface area contributed by atoms with Crippen molar-refractivity contribution in [2.75, 3.05) is 50.8 Å². The maximum atomic E-state index is 12.9. The topological polar surface area (TPSA) is 114 Å². The molecule has 2 aliphatic rings. The van der Waals surface area contributed by atoms with Crippen LogP contribution in [0.25, 0.3) is 0 Å². The Balaban J connectivity index is 1.39. The summed E-state index contributed by atoms with van der Waals surface area (Å²) in [6.45, 7) is 2.24. The van der Waals surface area contributed by atoms with Crippen LogP contribution in [0.3, 0.4) is 0 Å². The SMILES string of the molecule is O=C(c1cc(S(=O)(=O)N2CCSCC2)c[nH]1)N1CCN(C(=O)c2ccccc2O)CC1. The maximum absolute atomic E-state index is 12.9. The number of nitrogens with zero attached hydrogens (tertiary/aromatic N) is 3. The van der Waals surface area contributed by atoms with Crippen molar-refractivity contribution >= 4 is 33.6 Å². The van der Waals surface area contributed by atoms with Crippen molar-refractivity contribution in [1.29, 1.82) is 0 Å². The van der Waals surface area contributed by atoms with E-state index in [4.69, 9.17) is 0 Å². The van der Waals surface area contributed by atoms with E-state index >= 15 is 0 Å². The Morgan fingerprint density at radius 2 is 1.55 bits per heavy atom. The smallest absolute Gasteiger partial charge is 0.270 e. The molecule has 9 nitrogen and oxygen atoms in total. The molecule has 0 radical (unpaired) electrons. The van der Waals surface area contributed by atoms with Crippen molar-refractivity contribution in [3.8, 4) is 5.75 Å². The van der Waals surface area contributed by atoms with E-state index in [2.05, 4.69) is 4.98 Å². The molecular weight excluding hydrogens is 440 g/mol. The van der Waals surface area contributed by atoms with Crippen LogP contribution in [0.1, 0.15) is 20.8 Å². The van der Waals surface area contributed by atoms with E-state index in [0.717, 1.165) is 11.5 Å². The van der Waals surface area contributed by atoms with Gasteiger partial charge in [0.2, 0.25) is 10.0 Å². The molecule has 1 aromatic carbocycles. The lowest BCUT2D eigenvalue weighted by atomic mass is 10.1. The number of benzene rings is 1. The zero-order chi connectivity index (χ0) is 22.0. The van der Waals surface area contributed by atoms with Gasteiger partial charge in [0.1, 0.15) is 16.3 Å². The Morgan fingerprint density at radius 1 is 0.935 bits per heavy atom. The zero-order valence-electron chi connectivity index (χ0n) is 16.9. The second-order valence-corrected chi connectivity index (χ2v) is 10.5. The van der Waals surface area contributed by atoms with Crippen molar-refractivity contribution in [3.05, 3.63) is 47.8 Å². The predicted molar refractivity (Wildman–Crippen MR) is 117 cm³/mol. The number of hydrogen-bond donors (Lipinski definition) is 2. The van der Waals surface area contributed by atoms with Crippen molar-refractivity contribution in [3.63, 3.8) is 0 Å². The number of aromatic hydroxyl groups is 1. The van der Waals surface area contributed by atoms with Crippen LogP contribution >= 0.6 is 11.8 Å². The molecule has 1 aromatic heterocycles. The number of thioether (sulfide) groups is 1. The quantitative estimate of drug-likeness (QED) is 0.699. The van der Waals surface area contributed by atoms with Crippen molar-refractivity contribution in [1.82, 2.24) is 19.1 Å². The molecule has 0 spiro atoms. The molecule has 3 heterocycles. The molecule has 11 heteroatoms. The fourth-order valence-corrected chi connectivity index (χ4v) is 6.26. The van der Waals surface area contributed by atoms with Gasteiger partial charge in [0.15, 0.2) is 0 Å². The number of rotatable bonds is 4. The average Bonchev–Trinajstić information content (AvgIpc) is 3.30. The fraction of sp³-hybridized carbons (Fsp3) is 0.400. The van der Waals surface area contributed by atoms with Crippen LogP contribution in [0.4, 0.5) is 0 Å². The Labute approximate surface area is 185 Å². The third-order valence-corrected chi connectivity index (χ3v) is 8.30. The Kier molecular flexibility index (Phi) is 6.26. The first kappa shape index (κ1) is 21.7. The van der Waals surface area contributed by atoms with E-state index in [1.807, 2.05) is 0 Å². The number of piperazine rings is 1. The van der Waals surface area contributed by atoms with Gasteiger partial charge in [-0.3, -0.25) is 9.59 Å². The van der Waals surface area contributed by atoms with Gasteiger partial charge >= 0.3 is 0 Å². The van der Waals surface area contributed by atoms with E-state index in [1.54, 1.807) is 39.8 Å². The van der Waals surface area contributed by atoms with Gasteiger partial charge in [-0.15, -0.1) is 0 Å². The molecule has 0 aliphatic carbocycles. The zero-order valence-corrected chi connectivity index (χ0v) is 18.5. The van der Waals surface area contributed by atoms with Gasteiger partial charge in [0, 0.05) is 57.0 Å². The Morgan fingerprint density at radius 3 is 2.19 bits per heavy atom. The number of sulfonamides is 1. The van der Waals surface area contributed by atoms with Crippen LogP contribution in [-0.2, 0) is 10.0 Å². The molecule has 0 atom stereocenters. The highest BCUT2D eigenvalue weighted by molar-refractivity contribution is 7.99. The first-order chi connectivity index (χ1) is 14.9. The summed E-state index contributed by atoms with van der Waals surface area (Å²) in [7, 11) is -3.62. The first-order valence-corrected chi connectivity index (χ1v) is 12.6. The van der Waals surface area contributed by atoms with E-state index in [0.29, 0.717) is 39.3 Å². The second kappa shape index (κ2) is 8.93. The monoisotopic (exact) mass is 464 g/mol. The summed E-state index contributed by atoms with van der Waals surface area (Å²) < 4.78 is 27.0. The van der Waals surface area contributed by atoms with Gasteiger partial charge in [0.25, 0.3) is 11.8 Å². The van der Waals surface area contributed by atoms with Gasteiger partial charge < -0.3 is 19.9 Å². The van der Waals surface area contributed by atoms with Crippen LogP contribution in [0, 0.1) is 0 Å². The maximum Gasteiger partial charge on any atom is 0.270 e. The molecular formula is C20H24N4O5S2. The predicted octanol–water partition coefficient (Wildman–Crippen LogP) is 1.06. The third kappa shape index (κ3) is 4.43. The molecule has 166 valence electrons. The lowest BCUT2D eigenvalue weighted by molar-refractivity contribution is 0.0531. The fourth-order valence-electron chi connectivity index (χ4n) is 3.69. The average molecular weight is 465 g/mol. The molecule has 2 aliphatic heterocycles. The van der Waals surface area contributed by atoms with E-state index in [-0.39, 0.29) is 33.7 Å². The number of nitrogens with one attached hydrogen (secondary N) is 1. The molecule has 0 unspecified atom stereocenters. The minimum absolute atomic E-state index is 0.0709. The molecule has 2 fully saturated rings. The summed E-state index contributed by atoms with van der Waals surface area (Å²) in [5, 5.41) is 9.89. The van der Waals surface area contributed by atoms with Gasteiger partial charge in [-0.1, -0.05) is 12.1 Å². The number of carbonyl (C=O) groups excluding carboxylic acids is 2. The second-order valence-electron chi connectivity index (χ2n) is 7.37. The highest BCUT2D eigenvalue weighted by Gasteiger charge is 2.30. The van der Waals surface area contributed by atoms with E-state index in [9.17, 15) is 23.1 Å². The van der Waals surface area contributed by atoms with Crippen LogP contribution in [-0.4, -0.2) is 95.2 Å². The number of phenolic OH excluding ortho intramolecular Hbond substituents is 1. The lowest BCUT2D eigenvalue weighted by Crippen LogP contribution is -2.50. The molecule has 2 N–H and O–H groups in total. The van der Waals surface area contributed by atoms with Gasteiger partial charge in [0.05, 0.1) is 5.56 Å². The molecule has 2 aromatic rings. The van der Waals surface area contributed by atoms with E-state index in [1.165, 1.54) is 22.6 Å². The summed E-state index contributed by atoms with van der Waals surface area (Å²) in [5.41, 5.74) is 0.447. The number of carbonyl (C=O) groups is 2. The Hall–Kier alpha value is -2.50. The normalized spacial score (nSPS) is 18.2. The molecule has 2 amide bonds. The summed E-state index contributed by atoms with van der Waals surface area (Å²) in [6.07, 6.45) is 1.36. The molecule has 4 rings (SSSR count). The minimum atomic E-state index is -3.62. The highest BCUT2D eigenvalue weighted by Crippen LogP contribution is 2.22. The number of H-pyrrole nitrogens is 1. The van der Waals surface area contributed by atoms with Crippen LogP contribution in [0.15, 0.2) is 41.4 Å². The van der Waals surface area contributed by atoms with Crippen LogP contribution < -0.4 is 0 Å². The van der Waals surface area contributed by atoms with Crippen LogP contribution in [0.2, 0.25) is 0 Å². The number of phenols is 1. The highest BCUT2D eigenvalue weighted by atomic mass is 32.2. The van der Waals surface area contributed by atoms with Gasteiger partial charge in [-0.2, -0.15) is 16.1 Å². The molecule has 31 heavy (non-hydrogen) atoms. The number of aromatic amines is 1. The van der Waals surface area contributed by atoms with Crippen LogP contribution in [0.5, 0.6) is 5.75 Å². The summed E-state index contributed by atoms with van der Waals surface area (Å²) in [4.78, 5) is 31.6. The van der Waals surface area contributed by atoms with E-state index < -0.39 is 10.0 Å². The summed E-state index contributed by atoms with van der Waals surface area (Å²) in [6, 6.07) is 7.76. The van der Waals surface area contributed by atoms with Gasteiger partial charge in [-0.05, 0) is 18.2 Å². The standard InChI is InChI=1S/C20H24N4O5S2/c25-18-4-2-1-3-16(18)19(26)22-5-7-23(8-6-22)20(27)17-13-15(14-21-17)31(28,29)24-9-11-30-12-10-24/h1-4,13-14,21,25H,5-12H2. The lowest BCUT2D eigenvalue weighted by Gasteiger charge is -2.34. The number of amides is 2. The molecule has 0 saturated carbocycles. The van der Waals surface area contributed by atoms with Crippen molar-refractivity contribution in [2.24, 2.45) is 0 Å². The number of para-hydroxylation sites is 1. The Bertz CT molecular complexity index is 1070. The number of aromatic nitrogens is 1. The van der Waals surface area contributed by atoms with Crippen molar-refractivity contribution in [2.45, 2.75) is 4.90 Å². The third-order valence-electron chi connectivity index (χ3n) is 5.48.